The van der Waals surface area contributed by atoms with Gasteiger partial charge in [-0.2, -0.15) is 0 Å². The summed E-state index contributed by atoms with van der Waals surface area (Å²) in [5, 5.41) is 8.93. The van der Waals surface area contributed by atoms with Gasteiger partial charge in [-0.25, -0.2) is 14.2 Å². The molecular formula is C18H11ClN2O4S. The highest BCUT2D eigenvalue weighted by atomic mass is 35.5. The lowest BCUT2D eigenvalue weighted by molar-refractivity contribution is -0.139. The fraction of sp³-hybridized carbons (Fsp3) is 0.0556. The third kappa shape index (κ3) is 2.91. The van der Waals surface area contributed by atoms with E-state index in [1.54, 1.807) is 28.7 Å². The van der Waals surface area contributed by atoms with Gasteiger partial charge < -0.3 is 9.84 Å². The molecule has 4 aromatic rings. The molecule has 2 heterocycles. The van der Waals surface area contributed by atoms with Crippen LogP contribution in [0.1, 0.15) is 5.56 Å². The van der Waals surface area contributed by atoms with Crippen molar-refractivity contribution >= 4 is 51.0 Å². The van der Waals surface area contributed by atoms with E-state index in [9.17, 15) is 9.59 Å². The first-order chi connectivity index (χ1) is 12.5. The number of aliphatic carboxylic acids is 1. The van der Waals surface area contributed by atoms with Gasteiger partial charge in [0.25, 0.3) is 5.56 Å². The van der Waals surface area contributed by atoms with E-state index in [1.807, 2.05) is 24.3 Å². The minimum absolute atomic E-state index is 0.138. The standard InChI is InChI=1S/C18H11ClN2O4S/c19-11-7-10(5-6-14(11)25-9-16(22)23)8-15-17(24)21-13-4-2-1-3-12(13)20-18(21)26-15/h1-8H,9H2,(H,22,23)/b15-8-. The molecule has 0 saturated heterocycles. The Morgan fingerprint density at radius 3 is 2.88 bits per heavy atom. The van der Waals surface area contributed by atoms with E-state index in [4.69, 9.17) is 21.4 Å². The van der Waals surface area contributed by atoms with Crippen molar-refractivity contribution in [1.82, 2.24) is 9.38 Å². The number of ether oxygens (including phenoxy) is 1. The molecule has 0 spiro atoms. The quantitative estimate of drug-likeness (QED) is 0.583. The molecule has 0 bridgehead atoms. The molecule has 0 radical (unpaired) electrons. The van der Waals surface area contributed by atoms with Crippen LogP contribution in [0.25, 0.3) is 22.1 Å². The highest BCUT2D eigenvalue weighted by molar-refractivity contribution is 7.15. The number of para-hydroxylation sites is 2. The molecule has 8 heteroatoms. The number of rotatable bonds is 4. The van der Waals surface area contributed by atoms with E-state index >= 15 is 0 Å². The second-order valence-corrected chi connectivity index (χ2v) is 6.92. The molecule has 26 heavy (non-hydrogen) atoms. The van der Waals surface area contributed by atoms with E-state index in [0.717, 1.165) is 11.0 Å². The van der Waals surface area contributed by atoms with Crippen LogP contribution >= 0.6 is 22.9 Å². The Hall–Kier alpha value is -2.90. The van der Waals surface area contributed by atoms with E-state index in [1.165, 1.54) is 11.3 Å². The summed E-state index contributed by atoms with van der Waals surface area (Å²) < 4.78 is 7.22. The number of imidazole rings is 1. The average molecular weight is 387 g/mol. The molecule has 6 nitrogen and oxygen atoms in total. The fourth-order valence-corrected chi connectivity index (χ4v) is 3.86. The van der Waals surface area contributed by atoms with Gasteiger partial charge in [0.15, 0.2) is 11.6 Å². The molecule has 0 unspecified atom stereocenters. The van der Waals surface area contributed by atoms with Gasteiger partial charge >= 0.3 is 5.97 Å². The van der Waals surface area contributed by atoms with Crippen molar-refractivity contribution in [1.29, 1.82) is 0 Å². The third-order valence-corrected chi connectivity index (χ3v) is 5.01. The van der Waals surface area contributed by atoms with Crippen LogP contribution in [-0.4, -0.2) is 27.1 Å². The maximum Gasteiger partial charge on any atom is 0.341 e. The minimum Gasteiger partial charge on any atom is -0.480 e. The second-order valence-electron chi connectivity index (χ2n) is 5.51. The number of carboxylic acid groups (broad SMARTS) is 1. The largest absolute Gasteiger partial charge is 0.480 e. The normalized spacial score (nSPS) is 12.1. The molecule has 2 aromatic heterocycles. The number of halogens is 1. The van der Waals surface area contributed by atoms with Crippen LogP contribution in [0.2, 0.25) is 5.02 Å². The molecule has 0 atom stereocenters. The van der Waals surface area contributed by atoms with E-state index in [2.05, 4.69) is 4.98 Å². The van der Waals surface area contributed by atoms with Crippen molar-refractivity contribution in [3.05, 3.63) is 67.9 Å². The summed E-state index contributed by atoms with van der Waals surface area (Å²) in [7, 11) is 0. The zero-order valence-electron chi connectivity index (χ0n) is 13.2. The molecule has 0 amide bonds. The number of nitrogens with zero attached hydrogens (tertiary/aromatic N) is 2. The summed E-state index contributed by atoms with van der Waals surface area (Å²) >= 11 is 7.42. The minimum atomic E-state index is -1.08. The SMILES string of the molecule is O=C(O)COc1ccc(/C=c2\sc3nc4ccccc4n3c2=O)cc1Cl. The molecule has 1 N–H and O–H groups in total. The summed E-state index contributed by atoms with van der Waals surface area (Å²) in [6.07, 6.45) is 1.73. The molecule has 130 valence electrons. The van der Waals surface area contributed by atoms with Gasteiger partial charge in [-0.05, 0) is 35.9 Å². The second kappa shape index (κ2) is 6.44. The Kier molecular flexibility index (Phi) is 4.10. The number of hydrogen-bond acceptors (Lipinski definition) is 5. The highest BCUT2D eigenvalue weighted by Crippen LogP contribution is 2.25. The summed E-state index contributed by atoms with van der Waals surface area (Å²) in [4.78, 5) is 28.4. The van der Waals surface area contributed by atoms with Crippen LogP contribution in [-0.2, 0) is 4.79 Å². The molecule has 0 fully saturated rings. The van der Waals surface area contributed by atoms with Crippen molar-refractivity contribution in [3.8, 4) is 5.75 Å². The van der Waals surface area contributed by atoms with Crippen LogP contribution in [0, 0.1) is 0 Å². The Bertz CT molecular complexity index is 1260. The Morgan fingerprint density at radius 2 is 2.12 bits per heavy atom. The maximum atomic E-state index is 12.7. The third-order valence-electron chi connectivity index (χ3n) is 3.75. The van der Waals surface area contributed by atoms with Crippen molar-refractivity contribution in [2.75, 3.05) is 6.61 Å². The first-order valence-corrected chi connectivity index (χ1v) is 8.78. The molecule has 0 aliphatic rings. The van der Waals surface area contributed by atoms with Gasteiger partial charge in [-0.1, -0.05) is 41.1 Å². The smallest absolute Gasteiger partial charge is 0.341 e. The van der Waals surface area contributed by atoms with Crippen molar-refractivity contribution in [2.45, 2.75) is 0 Å². The lowest BCUT2D eigenvalue weighted by atomic mass is 10.2. The summed E-state index contributed by atoms with van der Waals surface area (Å²) in [5.41, 5.74) is 2.13. The Labute approximate surface area is 155 Å². The summed E-state index contributed by atoms with van der Waals surface area (Å²) in [6.45, 7) is -0.470. The monoisotopic (exact) mass is 386 g/mol. The van der Waals surface area contributed by atoms with Gasteiger partial charge in [0, 0.05) is 0 Å². The number of benzene rings is 2. The zero-order chi connectivity index (χ0) is 18.3. The average Bonchev–Trinajstić information content (AvgIpc) is 3.11. The van der Waals surface area contributed by atoms with Gasteiger partial charge in [0.05, 0.1) is 20.6 Å². The van der Waals surface area contributed by atoms with Crippen molar-refractivity contribution in [3.63, 3.8) is 0 Å². The Balaban J connectivity index is 1.76. The molecule has 0 saturated carbocycles. The van der Waals surface area contributed by atoms with Gasteiger partial charge in [-0.3, -0.25) is 4.79 Å². The predicted octanol–water partition coefficient (Wildman–Crippen LogP) is 2.57. The Morgan fingerprint density at radius 1 is 1.31 bits per heavy atom. The van der Waals surface area contributed by atoms with E-state index < -0.39 is 12.6 Å². The number of carbonyl (C=O) groups is 1. The molecule has 0 aliphatic carbocycles. The molecular weight excluding hydrogens is 376 g/mol. The fourth-order valence-electron chi connectivity index (χ4n) is 2.63. The summed E-state index contributed by atoms with van der Waals surface area (Å²) in [6, 6.07) is 12.4. The first kappa shape index (κ1) is 16.6. The number of aromatic nitrogens is 2. The maximum absolute atomic E-state index is 12.7. The van der Waals surface area contributed by atoms with Crippen LogP contribution in [0.15, 0.2) is 47.3 Å². The van der Waals surface area contributed by atoms with Crippen LogP contribution in [0.3, 0.4) is 0 Å². The number of hydrogen-bond donors (Lipinski definition) is 1. The predicted molar refractivity (Wildman–Crippen MR) is 100 cm³/mol. The number of thiazole rings is 1. The molecule has 4 rings (SSSR count). The lowest BCUT2D eigenvalue weighted by Gasteiger charge is -2.05. The number of fused-ring (bicyclic) bond motifs is 3. The van der Waals surface area contributed by atoms with Crippen LogP contribution in [0.4, 0.5) is 0 Å². The number of carboxylic acids is 1. The molecule has 2 aromatic carbocycles. The zero-order valence-corrected chi connectivity index (χ0v) is 14.8. The van der Waals surface area contributed by atoms with E-state index in [0.29, 0.717) is 15.1 Å². The topological polar surface area (TPSA) is 80.9 Å². The summed E-state index contributed by atoms with van der Waals surface area (Å²) in [5.74, 6) is -0.803. The highest BCUT2D eigenvalue weighted by Gasteiger charge is 2.11. The van der Waals surface area contributed by atoms with Crippen molar-refractivity contribution < 1.29 is 14.6 Å². The van der Waals surface area contributed by atoms with E-state index in [-0.39, 0.29) is 16.3 Å². The van der Waals surface area contributed by atoms with Crippen molar-refractivity contribution in [2.24, 2.45) is 0 Å². The van der Waals surface area contributed by atoms with Crippen LogP contribution in [0.5, 0.6) is 5.75 Å². The van der Waals surface area contributed by atoms with Gasteiger partial charge in [0.1, 0.15) is 5.75 Å². The van der Waals surface area contributed by atoms with Crippen LogP contribution < -0.4 is 14.8 Å². The first-order valence-electron chi connectivity index (χ1n) is 7.59. The van der Waals surface area contributed by atoms with Gasteiger partial charge in [-0.15, -0.1) is 0 Å². The molecule has 0 aliphatic heterocycles. The lowest BCUT2D eigenvalue weighted by Crippen LogP contribution is -2.22. The van der Waals surface area contributed by atoms with Gasteiger partial charge in [0.2, 0.25) is 0 Å².